The largest absolute Gasteiger partial charge is 0.497 e. The number of methoxy groups -OCH3 is 1. The summed E-state index contributed by atoms with van der Waals surface area (Å²) < 4.78 is 15.3. The van der Waals surface area contributed by atoms with Crippen molar-refractivity contribution in [2.75, 3.05) is 13.7 Å². The number of carbonyl (C=O) groups excluding carboxylic acids is 2. The molecular formula is C23H22O7. The number of hydrogen-bond donors (Lipinski definition) is 1. The van der Waals surface area contributed by atoms with Crippen LogP contribution >= 0.6 is 0 Å². The second kappa shape index (κ2) is 10.6. The van der Waals surface area contributed by atoms with Gasteiger partial charge in [0.05, 0.1) is 19.3 Å². The number of carboxylic acids is 1. The zero-order valence-corrected chi connectivity index (χ0v) is 16.7. The molecule has 0 saturated heterocycles. The van der Waals surface area contributed by atoms with Crippen molar-refractivity contribution in [2.45, 2.75) is 13.3 Å². The molecule has 0 spiro atoms. The molecule has 0 amide bonds. The number of aliphatic carboxylic acids is 1. The van der Waals surface area contributed by atoms with E-state index < -0.39 is 17.9 Å². The van der Waals surface area contributed by atoms with E-state index >= 15 is 0 Å². The van der Waals surface area contributed by atoms with Gasteiger partial charge in [-0.2, -0.15) is 0 Å². The van der Waals surface area contributed by atoms with Crippen LogP contribution in [-0.2, 0) is 14.3 Å². The Kier molecular flexibility index (Phi) is 7.93. The van der Waals surface area contributed by atoms with Crippen molar-refractivity contribution in [3.8, 4) is 11.5 Å². The van der Waals surface area contributed by atoms with E-state index in [1.165, 1.54) is 20.1 Å². The van der Waals surface area contributed by atoms with Crippen LogP contribution < -0.4 is 9.47 Å². The molecule has 7 nitrogen and oxygen atoms in total. The highest BCUT2D eigenvalue weighted by Crippen LogP contribution is 2.18. The van der Waals surface area contributed by atoms with Crippen LogP contribution in [0.4, 0.5) is 0 Å². The minimum Gasteiger partial charge on any atom is -0.497 e. The first-order valence-electron chi connectivity index (χ1n) is 9.03. The van der Waals surface area contributed by atoms with Crippen LogP contribution in [0.1, 0.15) is 29.3 Å². The van der Waals surface area contributed by atoms with Crippen molar-refractivity contribution >= 4 is 24.0 Å². The Morgan fingerprint density at radius 2 is 1.60 bits per heavy atom. The van der Waals surface area contributed by atoms with Gasteiger partial charge in [0.1, 0.15) is 11.5 Å². The predicted molar refractivity (Wildman–Crippen MR) is 110 cm³/mol. The third kappa shape index (κ3) is 6.63. The van der Waals surface area contributed by atoms with Gasteiger partial charge in [0.15, 0.2) is 0 Å². The second-order valence-corrected chi connectivity index (χ2v) is 6.33. The molecule has 0 heterocycles. The molecule has 0 radical (unpaired) electrons. The van der Waals surface area contributed by atoms with Crippen LogP contribution in [0.25, 0.3) is 6.08 Å². The molecule has 7 heteroatoms. The summed E-state index contributed by atoms with van der Waals surface area (Å²) in [6.07, 6.45) is 1.51. The number of ether oxygens (including phenoxy) is 3. The third-order valence-electron chi connectivity index (χ3n) is 3.98. The lowest BCUT2D eigenvalue weighted by molar-refractivity contribution is -0.139. The van der Waals surface area contributed by atoms with Crippen molar-refractivity contribution in [2.24, 2.45) is 0 Å². The summed E-state index contributed by atoms with van der Waals surface area (Å²) >= 11 is 0. The first-order chi connectivity index (χ1) is 14.3. The molecule has 2 rings (SSSR count). The molecule has 0 aliphatic heterocycles. The van der Waals surface area contributed by atoms with E-state index in [0.717, 1.165) is 0 Å². The number of esters is 2. The van der Waals surface area contributed by atoms with Crippen molar-refractivity contribution in [1.29, 1.82) is 0 Å². The Bertz CT molecular complexity index is 954. The highest BCUT2D eigenvalue weighted by atomic mass is 16.5. The summed E-state index contributed by atoms with van der Waals surface area (Å²) in [7, 11) is 1.54. The topological polar surface area (TPSA) is 99.1 Å². The van der Waals surface area contributed by atoms with Gasteiger partial charge in [-0.15, -0.1) is 0 Å². The first-order valence-corrected chi connectivity index (χ1v) is 9.03. The van der Waals surface area contributed by atoms with Crippen molar-refractivity contribution < 1.29 is 33.7 Å². The highest BCUT2D eigenvalue weighted by Gasteiger charge is 2.11. The molecular weight excluding hydrogens is 388 g/mol. The molecule has 0 aliphatic rings. The Hall–Kier alpha value is -3.87. The monoisotopic (exact) mass is 410 g/mol. The molecule has 0 atom stereocenters. The number of carboxylic acid groups (broad SMARTS) is 1. The SMILES string of the molecule is C=C(C)C(=O)OCCC(=Cc1ccc(OC(=O)c2ccc(OC)cc2)cc1)C(=O)O. The predicted octanol–water partition coefficient (Wildman–Crippen LogP) is 3.89. The molecule has 0 fully saturated rings. The zero-order valence-electron chi connectivity index (χ0n) is 16.7. The minimum atomic E-state index is -1.11. The Morgan fingerprint density at radius 1 is 1.00 bits per heavy atom. The lowest BCUT2D eigenvalue weighted by Gasteiger charge is -2.07. The Labute approximate surface area is 174 Å². The van der Waals surface area contributed by atoms with Gasteiger partial charge in [-0.25, -0.2) is 14.4 Å². The molecule has 0 unspecified atom stereocenters. The van der Waals surface area contributed by atoms with Crippen LogP contribution in [-0.4, -0.2) is 36.7 Å². The van der Waals surface area contributed by atoms with Crippen molar-refractivity contribution in [3.05, 3.63) is 77.4 Å². The number of benzene rings is 2. The minimum absolute atomic E-state index is 0.0442. The molecule has 2 aromatic rings. The fourth-order valence-electron chi connectivity index (χ4n) is 2.34. The Balaban J connectivity index is 2.01. The maximum Gasteiger partial charge on any atom is 0.343 e. The summed E-state index contributed by atoms with van der Waals surface area (Å²) in [5, 5.41) is 9.34. The summed E-state index contributed by atoms with van der Waals surface area (Å²) in [4.78, 5) is 35.0. The highest BCUT2D eigenvalue weighted by molar-refractivity contribution is 5.93. The van der Waals surface area contributed by atoms with E-state index in [1.54, 1.807) is 48.5 Å². The first kappa shape index (κ1) is 22.4. The third-order valence-corrected chi connectivity index (χ3v) is 3.98. The van der Waals surface area contributed by atoms with Crippen molar-refractivity contribution in [3.63, 3.8) is 0 Å². The average molecular weight is 410 g/mol. The van der Waals surface area contributed by atoms with Crippen LogP contribution in [0.2, 0.25) is 0 Å². The standard InChI is InChI=1S/C23H22O7/c1-15(2)22(26)29-13-12-18(21(24)25)14-16-4-8-20(9-5-16)30-23(27)17-6-10-19(28-3)11-7-17/h4-11,14H,1,12-13H2,2-3H3,(H,24,25). The van der Waals surface area contributed by atoms with E-state index in [-0.39, 0.29) is 24.2 Å². The number of carbonyl (C=O) groups is 3. The number of hydrogen-bond acceptors (Lipinski definition) is 6. The van der Waals surface area contributed by atoms with Crippen LogP contribution in [0, 0.1) is 0 Å². The van der Waals surface area contributed by atoms with Crippen LogP contribution in [0.3, 0.4) is 0 Å². The van der Waals surface area contributed by atoms with Gasteiger partial charge in [-0.05, 0) is 55.0 Å². The number of rotatable bonds is 9. The normalized spacial score (nSPS) is 10.8. The molecule has 2 aromatic carbocycles. The van der Waals surface area contributed by atoms with E-state index in [1.807, 2.05) is 0 Å². The van der Waals surface area contributed by atoms with Crippen molar-refractivity contribution in [1.82, 2.24) is 0 Å². The summed E-state index contributed by atoms with van der Waals surface area (Å²) in [6.45, 7) is 4.91. The van der Waals surface area contributed by atoms with Gasteiger partial charge >= 0.3 is 17.9 Å². The van der Waals surface area contributed by atoms with Crippen LogP contribution in [0.15, 0.2) is 66.3 Å². The lowest BCUT2D eigenvalue weighted by atomic mass is 10.1. The summed E-state index contributed by atoms with van der Waals surface area (Å²) in [5.41, 5.74) is 1.29. The van der Waals surface area contributed by atoms with E-state index in [9.17, 15) is 19.5 Å². The van der Waals surface area contributed by atoms with E-state index in [4.69, 9.17) is 14.2 Å². The molecule has 0 aliphatic carbocycles. The Morgan fingerprint density at radius 3 is 2.13 bits per heavy atom. The van der Waals surface area contributed by atoms with Gasteiger partial charge in [0.25, 0.3) is 0 Å². The second-order valence-electron chi connectivity index (χ2n) is 6.33. The van der Waals surface area contributed by atoms with E-state index in [0.29, 0.717) is 22.6 Å². The van der Waals surface area contributed by atoms with Gasteiger partial charge in [-0.1, -0.05) is 18.7 Å². The molecule has 30 heavy (non-hydrogen) atoms. The van der Waals surface area contributed by atoms with Gasteiger partial charge in [-0.3, -0.25) is 0 Å². The van der Waals surface area contributed by atoms with Gasteiger partial charge in [0, 0.05) is 17.6 Å². The van der Waals surface area contributed by atoms with Crippen LogP contribution in [0.5, 0.6) is 11.5 Å². The summed E-state index contributed by atoms with van der Waals surface area (Å²) in [5.74, 6) is -1.25. The summed E-state index contributed by atoms with van der Waals surface area (Å²) in [6, 6.07) is 12.9. The molecule has 156 valence electrons. The molecule has 0 aromatic heterocycles. The van der Waals surface area contributed by atoms with E-state index in [2.05, 4.69) is 6.58 Å². The lowest BCUT2D eigenvalue weighted by Crippen LogP contribution is -2.10. The van der Waals surface area contributed by atoms with Gasteiger partial charge in [0.2, 0.25) is 0 Å². The fourth-order valence-corrected chi connectivity index (χ4v) is 2.34. The maximum absolute atomic E-state index is 12.2. The zero-order chi connectivity index (χ0) is 22.1. The molecule has 1 N–H and O–H groups in total. The molecule has 0 bridgehead atoms. The smallest absolute Gasteiger partial charge is 0.343 e. The fraction of sp³-hybridized carbons (Fsp3) is 0.174. The molecule has 0 saturated carbocycles. The quantitative estimate of drug-likeness (QED) is 0.380. The van der Waals surface area contributed by atoms with Gasteiger partial charge < -0.3 is 19.3 Å². The average Bonchev–Trinajstić information content (AvgIpc) is 2.73. The maximum atomic E-state index is 12.2.